The first kappa shape index (κ1) is 26.1. The van der Waals surface area contributed by atoms with Crippen LogP contribution in [-0.2, 0) is 39.5 Å². The Labute approximate surface area is 222 Å². The molecule has 2 aromatic heterocycles. The fourth-order valence-electron chi connectivity index (χ4n) is 5.92. The first-order valence-corrected chi connectivity index (χ1v) is 12.3. The molecule has 0 spiro atoms. The van der Waals surface area contributed by atoms with E-state index >= 15 is 0 Å². The van der Waals surface area contributed by atoms with Crippen LogP contribution in [0.1, 0.15) is 45.8 Å². The van der Waals surface area contributed by atoms with Gasteiger partial charge in [-0.2, -0.15) is 13.2 Å². The zero-order valence-corrected chi connectivity index (χ0v) is 20.9. The molecule has 0 saturated heterocycles. The van der Waals surface area contributed by atoms with Gasteiger partial charge in [-0.05, 0) is 48.6 Å². The Kier molecular flexibility index (Phi) is 5.52. The number of alkyl halides is 3. The Hall–Kier alpha value is -4.10. The molecule has 0 bridgehead atoms. The van der Waals surface area contributed by atoms with Crippen LogP contribution < -0.4 is 10.9 Å². The van der Waals surface area contributed by atoms with Crippen LogP contribution >= 0.6 is 0 Å². The Balaban J connectivity index is 1.60. The second-order valence-electron chi connectivity index (χ2n) is 10.1. The van der Waals surface area contributed by atoms with Crippen molar-refractivity contribution in [1.82, 2.24) is 14.9 Å². The highest BCUT2D eigenvalue weighted by Crippen LogP contribution is 2.45. The van der Waals surface area contributed by atoms with Crippen LogP contribution in [0.25, 0.3) is 22.3 Å². The van der Waals surface area contributed by atoms with Crippen molar-refractivity contribution >= 4 is 22.8 Å². The van der Waals surface area contributed by atoms with Gasteiger partial charge in [-0.15, -0.1) is 0 Å². The summed E-state index contributed by atoms with van der Waals surface area (Å²) in [6.07, 6.45) is -7.18. The van der Waals surface area contributed by atoms with E-state index in [2.05, 4.69) is 16.9 Å². The lowest BCUT2D eigenvalue weighted by Crippen LogP contribution is -2.45. The first-order valence-electron chi connectivity index (χ1n) is 12.3. The molecule has 3 N–H and O–H groups in total. The highest BCUT2D eigenvalue weighted by atomic mass is 19.4. The Bertz CT molecular complexity index is 1750. The number of hydrogen-bond acceptors (Lipinski definition) is 7. The molecule has 4 heterocycles. The van der Waals surface area contributed by atoms with E-state index in [1.54, 1.807) is 6.92 Å². The molecule has 1 amide bonds. The van der Waals surface area contributed by atoms with Crippen molar-refractivity contribution in [3.05, 3.63) is 74.3 Å². The van der Waals surface area contributed by atoms with Crippen molar-refractivity contribution < 1.29 is 42.1 Å². The Morgan fingerprint density at radius 3 is 2.70 bits per heavy atom. The lowest BCUT2D eigenvalue weighted by molar-refractivity contribution is -0.205. The average Bonchev–Trinajstić information content (AvgIpc) is 3.27. The molecule has 13 heteroatoms. The summed E-state index contributed by atoms with van der Waals surface area (Å²) >= 11 is 0. The highest BCUT2D eigenvalue weighted by Gasteiger charge is 2.46. The maximum atomic E-state index is 14.9. The summed E-state index contributed by atoms with van der Waals surface area (Å²) in [6.45, 7) is 4.56. The molecule has 9 nitrogen and oxygen atoms in total. The average molecular weight is 559 g/mol. The molecule has 3 aromatic rings. The fourth-order valence-corrected chi connectivity index (χ4v) is 5.92. The predicted molar refractivity (Wildman–Crippen MR) is 130 cm³/mol. The first-order chi connectivity index (χ1) is 18.8. The number of hydrogen-bond donors (Lipinski definition) is 3. The van der Waals surface area contributed by atoms with E-state index in [0.717, 1.165) is 6.08 Å². The summed E-state index contributed by atoms with van der Waals surface area (Å²) in [6, 6.07) is 1.55. The summed E-state index contributed by atoms with van der Waals surface area (Å²) in [5.74, 6) is -3.22. The summed E-state index contributed by atoms with van der Waals surface area (Å²) in [5, 5.41) is 23.2. The molecule has 2 aliphatic heterocycles. The lowest BCUT2D eigenvalue weighted by atomic mass is 9.81. The number of aliphatic hydroxyl groups is 2. The van der Waals surface area contributed by atoms with Crippen LogP contribution in [-0.4, -0.2) is 43.9 Å². The minimum absolute atomic E-state index is 0.0116. The molecule has 1 aliphatic carbocycles. The Morgan fingerprint density at radius 2 is 2.02 bits per heavy atom. The maximum Gasteiger partial charge on any atom is 0.423 e. The van der Waals surface area contributed by atoms with E-state index in [0.29, 0.717) is 27.6 Å². The number of pyridine rings is 2. The normalized spacial score (nSPS) is 21.8. The summed E-state index contributed by atoms with van der Waals surface area (Å²) in [4.78, 5) is 42.9. The van der Waals surface area contributed by atoms with Crippen LogP contribution in [0.3, 0.4) is 0 Å². The smallest absolute Gasteiger partial charge is 0.423 e. The molecule has 3 aliphatic rings. The van der Waals surface area contributed by atoms with Gasteiger partial charge in [0.05, 0.1) is 35.1 Å². The number of esters is 1. The zero-order chi connectivity index (χ0) is 28.9. The van der Waals surface area contributed by atoms with Gasteiger partial charge in [-0.3, -0.25) is 9.59 Å². The summed E-state index contributed by atoms with van der Waals surface area (Å²) in [5.41, 5.74) is -0.767. The second-order valence-corrected chi connectivity index (χ2v) is 10.1. The molecule has 1 unspecified atom stereocenters. The standard InChI is InChI=1S/C27H21F4N3O6/c1-3-26(39)14-6-18-21-12(8-34(18)24(37)13(14)9-40-25(26)38)20-16(33-23(36)22(35)27(29,30)31)5-4-11-10(2)15(28)7-17(32-21)19(11)20/h3,6-7,16,22,35,39H,1,4-5,8-9H2,2H3,(H,33,36)/t16-,22?,26-/m0/s1. The van der Waals surface area contributed by atoms with Crippen molar-refractivity contribution in [3.63, 3.8) is 0 Å². The van der Waals surface area contributed by atoms with E-state index in [9.17, 15) is 42.2 Å². The number of ether oxygens (including phenoxy) is 1. The number of amides is 1. The van der Waals surface area contributed by atoms with Gasteiger partial charge in [-0.25, -0.2) is 14.2 Å². The second kappa shape index (κ2) is 8.45. The number of carbonyl (C=O) groups excluding carboxylic acids is 2. The number of aliphatic hydroxyl groups excluding tert-OH is 1. The number of rotatable bonds is 3. The highest BCUT2D eigenvalue weighted by molar-refractivity contribution is 5.94. The van der Waals surface area contributed by atoms with Crippen molar-refractivity contribution in [3.8, 4) is 11.4 Å². The largest absolute Gasteiger partial charge is 0.458 e. The van der Waals surface area contributed by atoms with Gasteiger partial charge in [0, 0.05) is 22.6 Å². The Morgan fingerprint density at radius 1 is 1.30 bits per heavy atom. The van der Waals surface area contributed by atoms with Crippen molar-refractivity contribution in [1.29, 1.82) is 0 Å². The SMILES string of the molecule is C=C[C@@]1(O)C(=O)OCc2c1cc1n(c2=O)Cc2c-1nc1cc(F)c(C)c3c1c2[C@@H](NC(=O)C(O)C(F)(F)F)CC3. The number of fused-ring (bicyclic) bond motifs is 5. The number of aromatic nitrogens is 2. The molecule has 3 atom stereocenters. The number of cyclic esters (lactones) is 1. The van der Waals surface area contributed by atoms with Crippen LogP contribution in [0.15, 0.2) is 29.6 Å². The van der Waals surface area contributed by atoms with Crippen molar-refractivity contribution in [2.45, 2.75) is 56.8 Å². The fraction of sp³-hybridized carbons (Fsp3) is 0.333. The monoisotopic (exact) mass is 559 g/mol. The van der Waals surface area contributed by atoms with E-state index < -0.39 is 53.8 Å². The molecular weight excluding hydrogens is 538 g/mol. The molecule has 6 rings (SSSR count). The van der Waals surface area contributed by atoms with Gasteiger partial charge < -0.3 is 24.8 Å². The van der Waals surface area contributed by atoms with Crippen LogP contribution in [0.4, 0.5) is 17.6 Å². The molecular formula is C27H21F4N3O6. The molecule has 0 radical (unpaired) electrons. The minimum Gasteiger partial charge on any atom is -0.458 e. The third-order valence-corrected chi connectivity index (χ3v) is 7.98. The quantitative estimate of drug-likeness (QED) is 0.200. The molecule has 208 valence electrons. The van der Waals surface area contributed by atoms with E-state index in [1.165, 1.54) is 16.7 Å². The summed E-state index contributed by atoms with van der Waals surface area (Å²) in [7, 11) is 0. The van der Waals surface area contributed by atoms with Gasteiger partial charge in [0.15, 0.2) is 0 Å². The number of aryl methyl sites for hydroxylation is 1. The maximum absolute atomic E-state index is 14.9. The summed E-state index contributed by atoms with van der Waals surface area (Å²) < 4.78 is 60.4. The topological polar surface area (TPSA) is 131 Å². The number of nitrogens with one attached hydrogen (secondary N) is 1. The zero-order valence-electron chi connectivity index (χ0n) is 20.9. The number of benzene rings is 1. The van der Waals surface area contributed by atoms with Gasteiger partial charge in [-0.1, -0.05) is 6.58 Å². The number of carbonyl (C=O) groups is 2. The predicted octanol–water partition coefficient (Wildman–Crippen LogP) is 2.33. The van der Waals surface area contributed by atoms with Gasteiger partial charge in [0.25, 0.3) is 11.5 Å². The molecule has 40 heavy (non-hydrogen) atoms. The van der Waals surface area contributed by atoms with Crippen LogP contribution in [0, 0.1) is 12.7 Å². The van der Waals surface area contributed by atoms with E-state index in [-0.39, 0.29) is 47.4 Å². The van der Waals surface area contributed by atoms with Crippen molar-refractivity contribution in [2.24, 2.45) is 0 Å². The minimum atomic E-state index is -5.18. The van der Waals surface area contributed by atoms with Gasteiger partial charge in [0.1, 0.15) is 12.4 Å². The third kappa shape index (κ3) is 3.47. The molecule has 0 fully saturated rings. The van der Waals surface area contributed by atoms with Gasteiger partial charge in [0.2, 0.25) is 11.7 Å². The van der Waals surface area contributed by atoms with Crippen LogP contribution in [0.2, 0.25) is 0 Å². The molecule has 1 aromatic carbocycles. The lowest BCUT2D eigenvalue weighted by Gasteiger charge is -2.30. The number of nitrogens with zero attached hydrogens (tertiary/aromatic N) is 2. The van der Waals surface area contributed by atoms with Crippen LogP contribution in [0.5, 0.6) is 0 Å². The van der Waals surface area contributed by atoms with E-state index in [4.69, 9.17) is 4.74 Å². The van der Waals surface area contributed by atoms with Gasteiger partial charge >= 0.3 is 12.1 Å². The van der Waals surface area contributed by atoms with Crippen molar-refractivity contribution in [2.75, 3.05) is 0 Å². The third-order valence-electron chi connectivity index (χ3n) is 7.98. The molecule has 0 saturated carbocycles. The van der Waals surface area contributed by atoms with E-state index in [1.807, 2.05) is 0 Å². The number of halogens is 4.